The molecule has 0 spiro atoms. The Hall–Kier alpha value is -2.62. The second kappa shape index (κ2) is 8.87. The quantitative estimate of drug-likeness (QED) is 0.819. The standard InChI is InChI=1S/C20H24N2O2/c1-3-15(2)21-19(23)14-18(16-10-6-4-7-11-16)22-20(24)17-12-8-5-9-13-17/h4-13,15,18H,3,14H2,1-2H3,(H,21,23)(H,22,24)/t15-,18+/m1/s1. The zero-order valence-corrected chi connectivity index (χ0v) is 14.2. The Labute approximate surface area is 143 Å². The zero-order valence-electron chi connectivity index (χ0n) is 14.2. The molecule has 2 atom stereocenters. The van der Waals surface area contributed by atoms with E-state index in [2.05, 4.69) is 10.6 Å². The highest BCUT2D eigenvalue weighted by molar-refractivity contribution is 5.94. The Bertz CT molecular complexity index is 656. The molecule has 0 saturated heterocycles. The molecule has 0 aromatic heterocycles. The van der Waals surface area contributed by atoms with Crippen molar-refractivity contribution in [3.8, 4) is 0 Å². The van der Waals surface area contributed by atoms with Gasteiger partial charge in [0.2, 0.25) is 5.91 Å². The molecule has 4 heteroatoms. The van der Waals surface area contributed by atoms with Crippen LogP contribution in [0.3, 0.4) is 0 Å². The second-order valence-electron chi connectivity index (χ2n) is 5.88. The van der Waals surface area contributed by atoms with Crippen molar-refractivity contribution in [1.82, 2.24) is 10.6 Å². The molecule has 2 rings (SSSR count). The van der Waals surface area contributed by atoms with Crippen LogP contribution in [-0.4, -0.2) is 17.9 Å². The van der Waals surface area contributed by atoms with Crippen molar-refractivity contribution in [2.45, 2.75) is 38.8 Å². The smallest absolute Gasteiger partial charge is 0.251 e. The fourth-order valence-electron chi connectivity index (χ4n) is 2.39. The number of amides is 2. The lowest BCUT2D eigenvalue weighted by Crippen LogP contribution is -2.37. The Kier molecular flexibility index (Phi) is 6.55. The van der Waals surface area contributed by atoms with E-state index in [9.17, 15) is 9.59 Å². The van der Waals surface area contributed by atoms with Gasteiger partial charge in [-0.1, -0.05) is 55.5 Å². The largest absolute Gasteiger partial charge is 0.354 e. The van der Waals surface area contributed by atoms with Crippen LogP contribution < -0.4 is 10.6 Å². The van der Waals surface area contributed by atoms with Crippen molar-refractivity contribution >= 4 is 11.8 Å². The lowest BCUT2D eigenvalue weighted by atomic mass is 10.0. The van der Waals surface area contributed by atoms with E-state index in [1.165, 1.54) is 0 Å². The minimum Gasteiger partial charge on any atom is -0.354 e. The topological polar surface area (TPSA) is 58.2 Å². The first kappa shape index (κ1) is 17.7. The van der Waals surface area contributed by atoms with Crippen LogP contribution in [0, 0.1) is 0 Å². The first-order valence-corrected chi connectivity index (χ1v) is 8.30. The number of benzene rings is 2. The van der Waals surface area contributed by atoms with Gasteiger partial charge in [0.15, 0.2) is 0 Å². The van der Waals surface area contributed by atoms with Crippen LogP contribution in [0.1, 0.15) is 48.7 Å². The maximum Gasteiger partial charge on any atom is 0.251 e. The summed E-state index contributed by atoms with van der Waals surface area (Å²) in [6, 6.07) is 18.4. The van der Waals surface area contributed by atoms with Crippen molar-refractivity contribution in [1.29, 1.82) is 0 Å². The van der Waals surface area contributed by atoms with Gasteiger partial charge in [0, 0.05) is 11.6 Å². The van der Waals surface area contributed by atoms with E-state index < -0.39 is 0 Å². The summed E-state index contributed by atoms with van der Waals surface area (Å²) in [5, 5.41) is 5.92. The first-order chi connectivity index (χ1) is 11.6. The molecule has 0 unspecified atom stereocenters. The van der Waals surface area contributed by atoms with Crippen molar-refractivity contribution in [3.63, 3.8) is 0 Å². The number of nitrogens with one attached hydrogen (secondary N) is 2. The summed E-state index contributed by atoms with van der Waals surface area (Å²) in [4.78, 5) is 24.7. The van der Waals surface area contributed by atoms with E-state index in [-0.39, 0.29) is 30.3 Å². The van der Waals surface area contributed by atoms with E-state index in [1.54, 1.807) is 12.1 Å². The molecular weight excluding hydrogens is 300 g/mol. The predicted octanol–water partition coefficient (Wildman–Crippen LogP) is 3.46. The minimum atomic E-state index is -0.358. The van der Waals surface area contributed by atoms with Crippen molar-refractivity contribution < 1.29 is 9.59 Å². The lowest BCUT2D eigenvalue weighted by molar-refractivity contribution is -0.122. The molecule has 0 aliphatic heterocycles. The van der Waals surface area contributed by atoms with Gasteiger partial charge >= 0.3 is 0 Å². The minimum absolute atomic E-state index is 0.0634. The number of rotatable bonds is 7. The first-order valence-electron chi connectivity index (χ1n) is 8.30. The molecule has 0 bridgehead atoms. The highest BCUT2D eigenvalue weighted by Gasteiger charge is 2.19. The van der Waals surface area contributed by atoms with Gasteiger partial charge in [-0.15, -0.1) is 0 Å². The Morgan fingerprint density at radius 2 is 1.50 bits per heavy atom. The van der Waals surface area contributed by atoms with Gasteiger partial charge < -0.3 is 10.6 Å². The second-order valence-corrected chi connectivity index (χ2v) is 5.88. The number of carbonyl (C=O) groups excluding carboxylic acids is 2. The molecule has 0 saturated carbocycles. The van der Waals surface area contributed by atoms with Crippen molar-refractivity contribution in [2.75, 3.05) is 0 Å². The SMILES string of the molecule is CC[C@@H](C)NC(=O)C[C@H](NC(=O)c1ccccc1)c1ccccc1. The predicted molar refractivity (Wildman–Crippen MR) is 95.6 cm³/mol. The summed E-state index contributed by atoms with van der Waals surface area (Å²) in [5.74, 6) is -0.243. The molecule has 0 radical (unpaired) electrons. The number of hydrogen-bond donors (Lipinski definition) is 2. The van der Waals surface area contributed by atoms with Gasteiger partial charge in [0.25, 0.3) is 5.91 Å². The van der Waals surface area contributed by atoms with Crippen LogP contribution in [-0.2, 0) is 4.79 Å². The van der Waals surface area contributed by atoms with Crippen LogP contribution in [0.4, 0.5) is 0 Å². The van der Waals surface area contributed by atoms with Gasteiger partial charge in [-0.2, -0.15) is 0 Å². The van der Waals surface area contributed by atoms with Gasteiger partial charge in [-0.25, -0.2) is 0 Å². The van der Waals surface area contributed by atoms with Crippen molar-refractivity contribution in [2.24, 2.45) is 0 Å². The molecule has 0 fully saturated rings. The molecule has 0 aliphatic carbocycles. The molecule has 2 N–H and O–H groups in total. The maximum absolute atomic E-state index is 12.4. The summed E-state index contributed by atoms with van der Waals surface area (Å²) in [7, 11) is 0. The molecule has 2 amide bonds. The highest BCUT2D eigenvalue weighted by Crippen LogP contribution is 2.17. The fraction of sp³-hybridized carbons (Fsp3) is 0.300. The molecular formula is C20H24N2O2. The van der Waals surface area contributed by atoms with Gasteiger partial charge in [0.1, 0.15) is 0 Å². The molecule has 0 aliphatic rings. The highest BCUT2D eigenvalue weighted by atomic mass is 16.2. The lowest BCUT2D eigenvalue weighted by Gasteiger charge is -2.20. The Balaban J connectivity index is 2.12. The molecule has 2 aromatic carbocycles. The van der Waals surface area contributed by atoms with E-state index >= 15 is 0 Å². The average molecular weight is 324 g/mol. The third-order valence-corrected chi connectivity index (χ3v) is 3.95. The van der Waals surface area contributed by atoms with E-state index in [1.807, 2.05) is 62.4 Å². The van der Waals surface area contributed by atoms with E-state index in [0.29, 0.717) is 5.56 Å². The Morgan fingerprint density at radius 1 is 0.917 bits per heavy atom. The maximum atomic E-state index is 12.4. The van der Waals surface area contributed by atoms with Crippen LogP contribution in [0.5, 0.6) is 0 Å². The summed E-state index contributed by atoms with van der Waals surface area (Å²) in [5.41, 5.74) is 1.50. The van der Waals surface area contributed by atoms with E-state index in [4.69, 9.17) is 0 Å². The van der Waals surface area contributed by atoms with Crippen LogP contribution in [0.15, 0.2) is 60.7 Å². The summed E-state index contributed by atoms with van der Waals surface area (Å²) in [6.07, 6.45) is 1.09. The van der Waals surface area contributed by atoms with Gasteiger partial charge in [-0.3, -0.25) is 9.59 Å². The van der Waals surface area contributed by atoms with Crippen LogP contribution in [0.25, 0.3) is 0 Å². The Morgan fingerprint density at radius 3 is 2.08 bits per heavy atom. The third kappa shape index (κ3) is 5.23. The molecule has 4 nitrogen and oxygen atoms in total. The monoisotopic (exact) mass is 324 g/mol. The molecule has 126 valence electrons. The van der Waals surface area contributed by atoms with Crippen LogP contribution >= 0.6 is 0 Å². The third-order valence-electron chi connectivity index (χ3n) is 3.95. The normalized spacial score (nSPS) is 12.9. The molecule has 0 heterocycles. The van der Waals surface area contributed by atoms with Gasteiger partial charge in [-0.05, 0) is 31.0 Å². The number of carbonyl (C=O) groups is 2. The van der Waals surface area contributed by atoms with Crippen LogP contribution in [0.2, 0.25) is 0 Å². The number of hydrogen-bond acceptors (Lipinski definition) is 2. The van der Waals surface area contributed by atoms with Gasteiger partial charge in [0.05, 0.1) is 12.5 Å². The van der Waals surface area contributed by atoms with Crippen molar-refractivity contribution in [3.05, 3.63) is 71.8 Å². The van der Waals surface area contributed by atoms with E-state index in [0.717, 1.165) is 12.0 Å². The summed E-state index contributed by atoms with van der Waals surface area (Å²) >= 11 is 0. The molecule has 24 heavy (non-hydrogen) atoms. The average Bonchev–Trinajstić information content (AvgIpc) is 2.62. The summed E-state index contributed by atoms with van der Waals surface area (Å²) in [6.45, 7) is 3.99. The molecule has 2 aromatic rings. The zero-order chi connectivity index (χ0) is 17.4. The fourth-order valence-corrected chi connectivity index (χ4v) is 2.39. The summed E-state index contributed by atoms with van der Waals surface area (Å²) < 4.78 is 0.